The highest BCUT2D eigenvalue weighted by Crippen LogP contribution is 2.39. The average molecular weight is 614 g/mol. The highest BCUT2D eigenvalue weighted by molar-refractivity contribution is 7.87. The van der Waals surface area contributed by atoms with Gasteiger partial charge in [-0.05, 0) is 19.1 Å². The van der Waals surface area contributed by atoms with Gasteiger partial charge in [-0.25, -0.2) is 4.18 Å². The number of aryl methyl sites for hydroxylation is 1. The van der Waals surface area contributed by atoms with E-state index >= 15 is 0 Å². The minimum Gasteiger partial charge on any atom is -0.378 e. The van der Waals surface area contributed by atoms with Crippen LogP contribution < -0.4 is 0 Å². The van der Waals surface area contributed by atoms with E-state index in [9.17, 15) is 69.2 Å². The molecule has 36 heavy (non-hydrogen) atoms. The third kappa shape index (κ3) is 8.37. The summed E-state index contributed by atoms with van der Waals surface area (Å²) < 4.78 is 205. The van der Waals surface area contributed by atoms with Gasteiger partial charge >= 0.3 is 43.1 Å². The largest absolute Gasteiger partial charge is 0.423 e. The molecule has 0 aliphatic heterocycles. The van der Waals surface area contributed by atoms with Gasteiger partial charge in [0.2, 0.25) is 6.10 Å². The standard InChI is InChI=1S/C10H9F5O6S2.C3H3F5O4S/c1-6-2-4-7(5-3-6)22(16,17)21-8(9(11,12)13)10(14,15)23(18,19)20;4-2(5,6)1(9)3(7,8)13(10,11)12/h2-5,8H,1H3,(H,18,19,20);1,9H,(H,10,11,12). The zero-order valence-electron chi connectivity index (χ0n) is 16.7. The molecule has 0 saturated heterocycles. The van der Waals surface area contributed by atoms with Crippen molar-refractivity contribution in [3.05, 3.63) is 29.8 Å². The summed E-state index contributed by atoms with van der Waals surface area (Å²) in [6.45, 7) is 1.52. The maximum Gasteiger partial charge on any atom is 0.423 e. The molecule has 0 radical (unpaired) electrons. The van der Waals surface area contributed by atoms with E-state index in [1.165, 1.54) is 6.92 Å². The molecule has 0 spiro atoms. The molecule has 0 saturated carbocycles. The maximum absolute atomic E-state index is 13.3. The summed E-state index contributed by atoms with van der Waals surface area (Å²) in [5, 5.41) is -3.75. The lowest BCUT2D eigenvalue weighted by molar-refractivity contribution is -0.248. The Morgan fingerprint density at radius 1 is 0.694 bits per heavy atom. The second-order valence-corrected chi connectivity index (χ2v) is 10.9. The topological polar surface area (TPSA) is 172 Å². The summed E-state index contributed by atoms with van der Waals surface area (Å²) in [4.78, 5) is -0.900. The number of alkyl halides is 10. The van der Waals surface area contributed by atoms with Gasteiger partial charge in [0.05, 0.1) is 4.90 Å². The molecule has 0 aliphatic carbocycles. The average Bonchev–Trinajstić information content (AvgIpc) is 2.63. The Hall–Kier alpha value is -1.79. The molecular weight excluding hydrogens is 602 g/mol. The van der Waals surface area contributed by atoms with Crippen LogP contribution in [0.1, 0.15) is 5.56 Å². The Balaban J connectivity index is 0.000000802. The highest BCUT2D eigenvalue weighted by atomic mass is 32.2. The number of rotatable bonds is 7. The van der Waals surface area contributed by atoms with Gasteiger partial charge in [-0.2, -0.15) is 69.2 Å². The first-order valence-corrected chi connectivity index (χ1v) is 12.3. The third-order valence-electron chi connectivity index (χ3n) is 3.45. The van der Waals surface area contributed by atoms with Crippen molar-refractivity contribution in [3.8, 4) is 0 Å². The first kappa shape index (κ1) is 34.2. The number of benzene rings is 1. The predicted octanol–water partition coefficient (Wildman–Crippen LogP) is 2.50. The van der Waals surface area contributed by atoms with E-state index < -0.39 is 70.3 Å². The lowest BCUT2D eigenvalue weighted by atomic mass is 10.2. The third-order valence-corrected chi connectivity index (χ3v) is 6.56. The molecule has 0 aliphatic rings. The lowest BCUT2D eigenvalue weighted by Crippen LogP contribution is -2.52. The molecule has 0 fully saturated rings. The van der Waals surface area contributed by atoms with Gasteiger partial charge in [-0.3, -0.25) is 9.11 Å². The molecule has 3 N–H and O–H groups in total. The van der Waals surface area contributed by atoms with Crippen molar-refractivity contribution in [2.75, 3.05) is 0 Å². The second kappa shape index (κ2) is 10.5. The first-order chi connectivity index (χ1) is 15.5. The Labute approximate surface area is 195 Å². The van der Waals surface area contributed by atoms with Gasteiger partial charge in [0.1, 0.15) is 0 Å². The molecule has 23 heteroatoms. The summed E-state index contributed by atoms with van der Waals surface area (Å²) in [5.41, 5.74) is 0.514. The fourth-order valence-electron chi connectivity index (χ4n) is 1.66. The zero-order valence-corrected chi connectivity index (χ0v) is 19.1. The minimum absolute atomic E-state index is 0.514. The summed E-state index contributed by atoms with van der Waals surface area (Å²) >= 11 is 0. The first-order valence-electron chi connectivity index (χ1n) is 8.00. The van der Waals surface area contributed by atoms with Gasteiger partial charge in [0.15, 0.2) is 0 Å². The monoisotopic (exact) mass is 614 g/mol. The molecule has 0 amide bonds. The molecule has 0 heterocycles. The normalized spacial score (nSPS) is 16.1. The number of aliphatic hydroxyl groups is 1. The molecule has 10 nitrogen and oxygen atoms in total. The minimum atomic E-state index is -6.59. The number of hydrogen-bond donors (Lipinski definition) is 3. The van der Waals surface area contributed by atoms with Crippen molar-refractivity contribution in [1.29, 1.82) is 0 Å². The van der Waals surface area contributed by atoms with Gasteiger partial charge in [0, 0.05) is 0 Å². The van der Waals surface area contributed by atoms with Crippen molar-refractivity contribution in [3.63, 3.8) is 0 Å². The van der Waals surface area contributed by atoms with Crippen LogP contribution >= 0.6 is 0 Å². The SMILES string of the molecule is Cc1ccc(S(=O)(=O)OC(C(F)(F)F)C(F)(F)S(=O)(=O)O)cc1.O=S(=O)(O)C(F)(F)C(O)C(F)(F)F. The smallest absolute Gasteiger partial charge is 0.378 e. The van der Waals surface area contributed by atoms with Gasteiger partial charge < -0.3 is 5.11 Å². The Morgan fingerprint density at radius 3 is 1.31 bits per heavy atom. The van der Waals surface area contributed by atoms with E-state index in [0.717, 1.165) is 24.3 Å². The van der Waals surface area contributed by atoms with Crippen LogP contribution in [-0.2, 0) is 34.5 Å². The fraction of sp³-hybridized carbons (Fsp3) is 0.538. The van der Waals surface area contributed by atoms with Crippen LogP contribution in [0.25, 0.3) is 0 Å². The molecular formula is C13H12F10O10S3. The Bertz CT molecular complexity index is 1220. The van der Waals surface area contributed by atoms with Crippen LogP contribution in [0.15, 0.2) is 29.2 Å². The summed E-state index contributed by atoms with van der Waals surface area (Å²) in [5.74, 6) is 0. The highest BCUT2D eigenvalue weighted by Gasteiger charge is 2.66. The van der Waals surface area contributed by atoms with E-state index in [1.807, 2.05) is 0 Å². The van der Waals surface area contributed by atoms with E-state index in [1.54, 1.807) is 0 Å². The Kier molecular flexibility index (Phi) is 10.0. The van der Waals surface area contributed by atoms with Crippen LogP contribution in [0.2, 0.25) is 0 Å². The van der Waals surface area contributed by atoms with Crippen molar-refractivity contribution in [2.45, 2.75) is 46.9 Å². The summed E-state index contributed by atoms with van der Waals surface area (Å²) in [6.07, 6.45) is -21.0. The maximum atomic E-state index is 13.3. The molecule has 212 valence electrons. The van der Waals surface area contributed by atoms with E-state index in [-0.39, 0.29) is 0 Å². The zero-order chi connectivity index (χ0) is 29.3. The van der Waals surface area contributed by atoms with Crippen LogP contribution in [-0.4, -0.2) is 74.5 Å². The van der Waals surface area contributed by atoms with Gasteiger partial charge in [-0.15, -0.1) is 0 Å². The molecule has 2 atom stereocenters. The van der Waals surface area contributed by atoms with Crippen molar-refractivity contribution in [1.82, 2.24) is 0 Å². The van der Waals surface area contributed by atoms with Crippen molar-refractivity contribution in [2.24, 2.45) is 0 Å². The predicted molar refractivity (Wildman–Crippen MR) is 94.3 cm³/mol. The van der Waals surface area contributed by atoms with E-state index in [0.29, 0.717) is 5.56 Å². The van der Waals surface area contributed by atoms with Crippen LogP contribution in [0.4, 0.5) is 43.9 Å². The van der Waals surface area contributed by atoms with Crippen molar-refractivity contribution >= 4 is 30.4 Å². The van der Waals surface area contributed by atoms with Crippen molar-refractivity contribution < 1.29 is 87.6 Å². The summed E-state index contributed by atoms with van der Waals surface area (Å²) in [6, 6.07) is 3.87. The molecule has 2 unspecified atom stereocenters. The quantitative estimate of drug-likeness (QED) is 0.235. The van der Waals surface area contributed by atoms with Crippen LogP contribution in [0, 0.1) is 6.92 Å². The van der Waals surface area contributed by atoms with Crippen LogP contribution in [0.5, 0.6) is 0 Å². The number of halogens is 10. The summed E-state index contributed by atoms with van der Waals surface area (Å²) in [7, 11) is -18.3. The molecule has 0 aromatic heterocycles. The number of hydrogen-bond acceptors (Lipinski definition) is 8. The second-order valence-electron chi connectivity index (χ2n) is 6.30. The molecule has 1 aromatic carbocycles. The van der Waals surface area contributed by atoms with Crippen LogP contribution in [0.3, 0.4) is 0 Å². The van der Waals surface area contributed by atoms with Gasteiger partial charge in [-0.1, -0.05) is 17.7 Å². The molecule has 0 bridgehead atoms. The van der Waals surface area contributed by atoms with E-state index in [2.05, 4.69) is 4.18 Å². The van der Waals surface area contributed by atoms with E-state index in [4.69, 9.17) is 14.2 Å². The lowest BCUT2D eigenvalue weighted by Gasteiger charge is -2.25. The number of aliphatic hydroxyl groups excluding tert-OH is 1. The fourth-order valence-corrected chi connectivity index (χ4v) is 3.65. The van der Waals surface area contributed by atoms with Gasteiger partial charge in [0.25, 0.3) is 16.2 Å². The Morgan fingerprint density at radius 2 is 1.06 bits per heavy atom. The molecule has 1 aromatic rings. The molecule has 1 rings (SSSR count).